The highest BCUT2D eigenvalue weighted by molar-refractivity contribution is 5.77. The van der Waals surface area contributed by atoms with Crippen molar-refractivity contribution in [1.29, 1.82) is 0 Å². The molecule has 0 saturated heterocycles. The molecule has 0 amide bonds. The smallest absolute Gasteiger partial charge is 0.326 e. The highest BCUT2D eigenvalue weighted by Gasteiger charge is 2.27. The van der Waals surface area contributed by atoms with Gasteiger partial charge in [-0.15, -0.1) is 0 Å². The Labute approximate surface area is 46.3 Å². The van der Waals surface area contributed by atoms with Crippen LogP contribution in [-0.4, -0.2) is 23.3 Å². The summed E-state index contributed by atoms with van der Waals surface area (Å²) >= 11 is 0. The highest BCUT2D eigenvalue weighted by atomic mass is 18.2. The molecule has 3 N–H and O–H groups in total. The predicted molar refractivity (Wildman–Crippen MR) is 26.2 cm³/mol. The van der Waals surface area contributed by atoms with Crippen LogP contribution in [0.3, 0.4) is 0 Å². The maximum Gasteiger partial charge on any atom is 0.326 e. The lowest BCUT2D eigenvalue weighted by atomic mass is 10.1. The van der Waals surface area contributed by atoms with Crippen LogP contribution >= 0.6 is 0 Å². The molecule has 0 unspecified atom stereocenters. The number of nitrogens with two attached hydrogens (primary N) is 1. The number of hydrogen-bond acceptors (Lipinski definition) is 2. The van der Waals surface area contributed by atoms with Crippen LogP contribution in [-0.2, 0) is 4.79 Å². The van der Waals surface area contributed by atoms with Crippen LogP contribution in [0.2, 0.25) is 0 Å². The Morgan fingerprint density at radius 2 is 2.38 bits per heavy atom. The number of hydrogen-bond donors (Lipinski definition) is 2. The Morgan fingerprint density at radius 3 is 2.38 bits per heavy atom. The van der Waals surface area contributed by atoms with Gasteiger partial charge in [-0.1, -0.05) is 0 Å². The monoisotopic (exact) mass is 120 g/mol. The summed E-state index contributed by atoms with van der Waals surface area (Å²) in [7, 11) is 0. The van der Waals surface area contributed by atoms with E-state index in [2.05, 4.69) is 0 Å². The van der Waals surface area contributed by atoms with Crippen molar-refractivity contribution in [1.82, 2.24) is 0 Å². The Kier molecular flexibility index (Phi) is 1.92. The summed E-state index contributed by atoms with van der Waals surface area (Å²) < 4.78 is 11.5. The first-order valence-corrected chi connectivity index (χ1v) is 2.09. The van der Waals surface area contributed by atoms with Gasteiger partial charge < -0.3 is 10.8 Å². The Hall–Kier alpha value is -0.640. The first kappa shape index (κ1) is 7.36. The van der Waals surface area contributed by atoms with Crippen LogP contribution in [0.15, 0.2) is 0 Å². The van der Waals surface area contributed by atoms with Crippen molar-refractivity contribution >= 4 is 5.97 Å². The molecule has 8 heavy (non-hydrogen) atoms. The topological polar surface area (TPSA) is 63.3 Å². The number of aliphatic carboxylic acids is 1. The number of carbonyl (C=O) groups is 1. The molecule has 0 aliphatic rings. The Balaban J connectivity index is 3.91. The van der Waals surface area contributed by atoms with Crippen LogP contribution in [0, 0.1) is 0 Å². The van der Waals surface area contributed by atoms with E-state index >= 15 is 0 Å². The van der Waals surface area contributed by atoms with Crippen molar-refractivity contribution in [2.75, 3.05) is 6.67 Å². The third-order valence-electron chi connectivity index (χ3n) is 0.766. The van der Waals surface area contributed by atoms with Crippen LogP contribution in [0.1, 0.15) is 6.92 Å². The van der Waals surface area contributed by atoms with Gasteiger partial charge in [-0.2, -0.15) is 0 Å². The zero-order chi connectivity index (χ0) is 6.78. The van der Waals surface area contributed by atoms with Crippen LogP contribution in [0.25, 0.3) is 0 Å². The first-order chi connectivity index (χ1) is 3.50. The Morgan fingerprint density at radius 1 is 2.00 bits per heavy atom. The fraction of sp³-hybridized carbons (Fsp3) is 0.750. The van der Waals surface area contributed by atoms with Crippen LogP contribution in [0.4, 0.5) is 4.39 Å². The van der Waals surface area contributed by atoms with Crippen LogP contribution < -0.4 is 5.73 Å². The molecular weight excluding hydrogens is 112 g/mol. The maximum absolute atomic E-state index is 11.5. The van der Waals surface area contributed by atoms with Crippen molar-refractivity contribution < 1.29 is 14.3 Å². The number of rotatable bonds is 2. The van der Waals surface area contributed by atoms with Crippen molar-refractivity contribution in [3.05, 3.63) is 0 Å². The lowest BCUT2D eigenvalue weighted by Gasteiger charge is -2.12. The molecule has 4 heteroatoms. The van der Waals surface area contributed by atoms with E-state index in [1.165, 1.54) is 0 Å². The molecule has 0 aliphatic carbocycles. The van der Waals surface area contributed by atoms with Gasteiger partial charge in [0.1, 0.15) is 12.2 Å². The van der Waals surface area contributed by atoms with E-state index in [-0.39, 0.29) is 0 Å². The molecular formula is C4H8FNO2. The van der Waals surface area contributed by atoms with Gasteiger partial charge in [-0.25, -0.2) is 4.39 Å². The van der Waals surface area contributed by atoms with Crippen molar-refractivity contribution in [3.8, 4) is 0 Å². The average Bonchev–Trinajstić information content (AvgIpc) is 1.67. The molecule has 0 rings (SSSR count). The summed E-state index contributed by atoms with van der Waals surface area (Å²) in [6, 6.07) is 0. The number of carboxylic acid groups (broad SMARTS) is 1. The lowest BCUT2D eigenvalue weighted by molar-refractivity contribution is -0.143. The molecule has 0 aromatic heterocycles. The zero-order valence-corrected chi connectivity index (χ0v) is 4.52. The summed E-state index contributed by atoms with van der Waals surface area (Å²) in [6.07, 6.45) is 0. The summed E-state index contributed by atoms with van der Waals surface area (Å²) in [6.45, 7) is 0.0810. The zero-order valence-electron chi connectivity index (χ0n) is 4.52. The molecule has 0 fully saturated rings. The standard InChI is InChI=1S/C4H8FNO2/c1-4(6,2-5)3(7)8/h2,6H2,1H3,(H,7,8)/t4-/m0/s1/i5-1. The summed E-state index contributed by atoms with van der Waals surface area (Å²) in [5, 5.41) is 8.08. The molecule has 0 spiro atoms. The second-order valence-corrected chi connectivity index (χ2v) is 1.86. The van der Waals surface area contributed by atoms with Gasteiger partial charge in [0.25, 0.3) is 0 Å². The Bertz CT molecular complexity index is 102. The highest BCUT2D eigenvalue weighted by Crippen LogP contribution is 1.97. The lowest BCUT2D eigenvalue weighted by Crippen LogP contribution is -2.46. The van der Waals surface area contributed by atoms with E-state index in [0.717, 1.165) is 6.92 Å². The SMILES string of the molecule is C[C@](N)(C[18F])C(=O)O. The minimum atomic E-state index is -1.71. The summed E-state index contributed by atoms with van der Waals surface area (Å²) in [5.74, 6) is -1.32. The molecule has 0 heterocycles. The number of halogens is 1. The van der Waals surface area contributed by atoms with E-state index < -0.39 is 18.2 Å². The van der Waals surface area contributed by atoms with E-state index in [1.54, 1.807) is 0 Å². The summed E-state index contributed by atoms with van der Waals surface area (Å²) in [5.41, 5.74) is 3.18. The minimum Gasteiger partial charge on any atom is -0.480 e. The molecule has 0 aromatic rings. The second-order valence-electron chi connectivity index (χ2n) is 1.86. The van der Waals surface area contributed by atoms with E-state index in [9.17, 15) is 9.18 Å². The van der Waals surface area contributed by atoms with Gasteiger partial charge in [-0.3, -0.25) is 4.79 Å². The van der Waals surface area contributed by atoms with E-state index in [0.29, 0.717) is 0 Å². The van der Waals surface area contributed by atoms with Gasteiger partial charge in [0.15, 0.2) is 0 Å². The van der Waals surface area contributed by atoms with Crippen molar-refractivity contribution in [3.63, 3.8) is 0 Å². The number of alkyl halides is 1. The molecule has 3 nitrogen and oxygen atoms in total. The maximum atomic E-state index is 11.5. The second kappa shape index (κ2) is 2.09. The largest absolute Gasteiger partial charge is 0.480 e. The van der Waals surface area contributed by atoms with Crippen molar-refractivity contribution in [2.45, 2.75) is 12.5 Å². The minimum absolute atomic E-state index is 1.04. The average molecular weight is 120 g/mol. The van der Waals surface area contributed by atoms with E-state index in [4.69, 9.17) is 10.8 Å². The van der Waals surface area contributed by atoms with Crippen molar-refractivity contribution in [2.24, 2.45) is 5.73 Å². The van der Waals surface area contributed by atoms with E-state index in [1.807, 2.05) is 0 Å². The molecule has 0 aliphatic heterocycles. The fourth-order valence-corrected chi connectivity index (χ4v) is 0.0572. The first-order valence-electron chi connectivity index (χ1n) is 2.09. The molecule has 0 aromatic carbocycles. The van der Waals surface area contributed by atoms with Gasteiger partial charge in [0.05, 0.1) is 0 Å². The van der Waals surface area contributed by atoms with Gasteiger partial charge >= 0.3 is 5.97 Å². The molecule has 48 valence electrons. The molecule has 0 radical (unpaired) electrons. The quantitative estimate of drug-likeness (QED) is 0.528. The van der Waals surface area contributed by atoms with Gasteiger partial charge in [0.2, 0.25) is 0 Å². The normalized spacial score (nSPS) is 17.4. The summed E-state index contributed by atoms with van der Waals surface area (Å²) in [4.78, 5) is 9.89. The molecule has 0 bridgehead atoms. The fourth-order valence-electron chi connectivity index (χ4n) is 0.0572. The predicted octanol–water partition coefficient (Wildman–Crippen LogP) is -0.242. The number of carboxylic acids is 1. The van der Waals surface area contributed by atoms with Gasteiger partial charge in [-0.05, 0) is 6.92 Å². The third-order valence-corrected chi connectivity index (χ3v) is 0.766. The molecule has 0 saturated carbocycles. The molecule has 1 atom stereocenters. The third kappa shape index (κ3) is 1.46. The van der Waals surface area contributed by atoms with Gasteiger partial charge in [0, 0.05) is 0 Å². The van der Waals surface area contributed by atoms with Crippen LogP contribution in [0.5, 0.6) is 0 Å².